The summed E-state index contributed by atoms with van der Waals surface area (Å²) in [5.74, 6) is 2.21. The van der Waals surface area contributed by atoms with Gasteiger partial charge in [-0.1, -0.05) is 11.6 Å². The topological polar surface area (TPSA) is 131 Å². The lowest BCUT2D eigenvalue weighted by Gasteiger charge is -2.33. The Kier molecular flexibility index (Phi) is 8.01. The van der Waals surface area contributed by atoms with Gasteiger partial charge in [-0.3, -0.25) is 9.48 Å². The van der Waals surface area contributed by atoms with Crippen LogP contribution in [0.1, 0.15) is 69.4 Å². The molecule has 3 aliphatic rings. The quantitative estimate of drug-likeness (QED) is 0.299. The molecule has 2 N–H and O–H groups in total. The molecule has 0 bridgehead atoms. The molecule has 2 saturated carbocycles. The van der Waals surface area contributed by atoms with Crippen LogP contribution in [0.5, 0.6) is 5.75 Å². The van der Waals surface area contributed by atoms with E-state index in [9.17, 15) is 13.2 Å². The molecule has 43 heavy (non-hydrogen) atoms. The van der Waals surface area contributed by atoms with E-state index in [4.69, 9.17) is 16.3 Å². The van der Waals surface area contributed by atoms with Crippen LogP contribution in [0.4, 0.5) is 23.1 Å². The molecule has 230 valence electrons. The maximum absolute atomic E-state index is 12.9. The summed E-state index contributed by atoms with van der Waals surface area (Å²) in [5, 5.41) is 10.0. The average Bonchev–Trinajstić information content (AvgIpc) is 3.91. The van der Waals surface area contributed by atoms with Gasteiger partial charge in [0.25, 0.3) is 0 Å². The summed E-state index contributed by atoms with van der Waals surface area (Å²) in [6.45, 7) is 6.91. The van der Waals surface area contributed by atoms with Crippen LogP contribution in [0.3, 0.4) is 0 Å². The van der Waals surface area contributed by atoms with Gasteiger partial charge in [-0.05, 0) is 88.5 Å². The fourth-order valence-corrected chi connectivity index (χ4v) is 6.69. The molecule has 0 radical (unpaired) electrons. The zero-order chi connectivity index (χ0) is 30.5. The van der Waals surface area contributed by atoms with E-state index >= 15 is 0 Å². The van der Waals surface area contributed by atoms with Crippen molar-refractivity contribution in [2.45, 2.75) is 81.6 Å². The Hall–Kier alpha value is -3.38. The largest absolute Gasteiger partial charge is 0.488 e. The van der Waals surface area contributed by atoms with Gasteiger partial charge < -0.3 is 20.3 Å². The van der Waals surface area contributed by atoms with Crippen molar-refractivity contribution in [3.8, 4) is 5.75 Å². The number of carbonyl (C=O) groups is 1. The highest BCUT2D eigenvalue weighted by molar-refractivity contribution is 7.92. The number of benzene rings is 1. The molecule has 3 aromatic rings. The number of amides is 1. The Morgan fingerprint density at radius 1 is 1.07 bits per heavy atom. The highest BCUT2D eigenvalue weighted by Crippen LogP contribution is 2.41. The van der Waals surface area contributed by atoms with E-state index in [0.29, 0.717) is 11.8 Å². The lowest BCUT2D eigenvalue weighted by molar-refractivity contribution is -0.133. The minimum absolute atomic E-state index is 0.0664. The minimum atomic E-state index is -3.65. The number of nitrogens with zero attached hydrogens (tertiary/aromatic N) is 5. The first-order valence-corrected chi connectivity index (χ1v) is 16.9. The number of hydrogen-bond donors (Lipinski definition) is 2. The lowest BCUT2D eigenvalue weighted by atomic mass is 9.86. The third kappa shape index (κ3) is 6.45. The number of likely N-dealkylation sites (tertiary alicyclic amines) is 1. The van der Waals surface area contributed by atoms with Crippen molar-refractivity contribution in [1.29, 1.82) is 0 Å². The van der Waals surface area contributed by atoms with Crippen molar-refractivity contribution in [2.24, 2.45) is 13.0 Å². The number of anilines is 4. The number of halogens is 1. The van der Waals surface area contributed by atoms with Gasteiger partial charge in [-0.2, -0.15) is 10.1 Å². The van der Waals surface area contributed by atoms with Crippen molar-refractivity contribution in [1.82, 2.24) is 24.6 Å². The van der Waals surface area contributed by atoms with E-state index in [2.05, 4.69) is 44.8 Å². The second kappa shape index (κ2) is 11.6. The Morgan fingerprint density at radius 2 is 1.79 bits per heavy atom. The molecular formula is C30H38ClN7O4S. The number of piperidine rings is 1. The van der Waals surface area contributed by atoms with Gasteiger partial charge in [0.1, 0.15) is 10.8 Å². The van der Waals surface area contributed by atoms with E-state index in [1.165, 1.54) is 16.4 Å². The summed E-state index contributed by atoms with van der Waals surface area (Å²) in [6.07, 6.45) is 9.21. The van der Waals surface area contributed by atoms with E-state index in [-0.39, 0.29) is 39.5 Å². The number of rotatable bonds is 10. The average molecular weight is 628 g/mol. The molecule has 0 spiro atoms. The molecule has 2 aliphatic carbocycles. The van der Waals surface area contributed by atoms with Crippen LogP contribution in [0, 0.1) is 12.8 Å². The molecule has 2 aromatic heterocycles. The minimum Gasteiger partial charge on any atom is -0.488 e. The van der Waals surface area contributed by atoms with Crippen molar-refractivity contribution in [3.63, 3.8) is 0 Å². The number of hydrogen-bond acceptors (Lipinski definition) is 9. The summed E-state index contributed by atoms with van der Waals surface area (Å²) in [4.78, 5) is 23.5. The van der Waals surface area contributed by atoms with Gasteiger partial charge in [0, 0.05) is 32.3 Å². The summed E-state index contributed by atoms with van der Waals surface area (Å²) >= 11 is 6.43. The summed E-state index contributed by atoms with van der Waals surface area (Å²) in [5.41, 5.74) is 3.40. The number of sulfone groups is 1. The zero-order valence-electron chi connectivity index (χ0n) is 24.9. The first kappa shape index (κ1) is 29.7. The van der Waals surface area contributed by atoms with Crippen LogP contribution < -0.4 is 15.4 Å². The standard InChI is InChI=1S/C30H38ClN7O4S/c1-17(2)43(40,41)28-25(16-37(4)36-28)33-27-23(31)15-32-30(35-27)34-24-13-18(3)22(14-26(24)42-21-7-8-21)19-9-11-38(12-10-19)29(39)20-5-6-20/h13-17,19-21H,5-12H2,1-4H3,(H2,32,33,34,35). The van der Waals surface area contributed by atoms with Crippen LogP contribution in [0.15, 0.2) is 29.6 Å². The molecule has 1 aliphatic heterocycles. The normalized spacial score (nSPS) is 17.8. The molecular weight excluding hydrogens is 590 g/mol. The highest BCUT2D eigenvalue weighted by Gasteiger charge is 2.35. The fraction of sp³-hybridized carbons (Fsp3) is 0.533. The van der Waals surface area contributed by atoms with Crippen LogP contribution in [0.2, 0.25) is 5.02 Å². The third-order valence-corrected chi connectivity index (χ3v) is 10.6. The van der Waals surface area contributed by atoms with E-state index < -0.39 is 15.1 Å². The van der Waals surface area contributed by atoms with E-state index in [0.717, 1.165) is 68.6 Å². The maximum atomic E-state index is 12.9. The fourth-order valence-electron chi connectivity index (χ4n) is 5.45. The Bertz CT molecular complexity index is 1640. The van der Waals surface area contributed by atoms with Crippen molar-refractivity contribution in [3.05, 3.63) is 40.7 Å². The summed E-state index contributed by atoms with van der Waals surface area (Å²) in [7, 11) is -1.99. The lowest BCUT2D eigenvalue weighted by Crippen LogP contribution is -2.38. The monoisotopic (exact) mass is 627 g/mol. The highest BCUT2D eigenvalue weighted by atomic mass is 35.5. The van der Waals surface area contributed by atoms with Crippen LogP contribution >= 0.6 is 11.6 Å². The molecule has 1 aromatic carbocycles. The molecule has 3 heterocycles. The molecule has 11 nitrogen and oxygen atoms in total. The van der Waals surface area contributed by atoms with Crippen molar-refractivity contribution < 1.29 is 17.9 Å². The number of aromatic nitrogens is 4. The van der Waals surface area contributed by atoms with E-state index in [1.807, 2.05) is 4.90 Å². The van der Waals surface area contributed by atoms with Gasteiger partial charge in [-0.15, -0.1) is 0 Å². The SMILES string of the molecule is Cc1cc(Nc2ncc(Cl)c(Nc3cn(C)nc3S(=O)(=O)C(C)C)n2)c(OC2CC2)cc1C1CCN(C(=O)C2CC2)CC1. The molecule has 13 heteroatoms. The Morgan fingerprint density at radius 3 is 2.44 bits per heavy atom. The summed E-state index contributed by atoms with van der Waals surface area (Å²) in [6, 6.07) is 4.20. The first-order chi connectivity index (χ1) is 20.5. The Balaban J connectivity index is 1.23. The van der Waals surface area contributed by atoms with Gasteiger partial charge in [0.15, 0.2) is 5.82 Å². The van der Waals surface area contributed by atoms with Gasteiger partial charge in [0.2, 0.25) is 26.7 Å². The number of ether oxygens (including phenoxy) is 1. The number of carbonyl (C=O) groups excluding carboxylic acids is 1. The van der Waals surface area contributed by atoms with Crippen LogP contribution in [0.25, 0.3) is 0 Å². The molecule has 3 fully saturated rings. The predicted molar refractivity (Wildman–Crippen MR) is 165 cm³/mol. The van der Waals surface area contributed by atoms with E-state index in [1.54, 1.807) is 27.1 Å². The first-order valence-electron chi connectivity index (χ1n) is 14.9. The smallest absolute Gasteiger partial charge is 0.229 e. The molecule has 0 unspecified atom stereocenters. The van der Waals surface area contributed by atoms with Crippen molar-refractivity contribution >= 4 is 50.5 Å². The van der Waals surface area contributed by atoms with Crippen molar-refractivity contribution in [2.75, 3.05) is 23.7 Å². The predicted octanol–water partition coefficient (Wildman–Crippen LogP) is 5.50. The maximum Gasteiger partial charge on any atom is 0.229 e. The third-order valence-electron chi connectivity index (χ3n) is 8.29. The van der Waals surface area contributed by atoms with Crippen LogP contribution in [-0.2, 0) is 21.7 Å². The van der Waals surface area contributed by atoms with Crippen LogP contribution in [-0.4, -0.2) is 63.4 Å². The molecule has 0 atom stereocenters. The van der Waals surface area contributed by atoms with Gasteiger partial charge in [-0.25, -0.2) is 13.4 Å². The molecule has 1 saturated heterocycles. The molecule has 6 rings (SSSR count). The Labute approximate surface area is 257 Å². The van der Waals surface area contributed by atoms with Gasteiger partial charge >= 0.3 is 0 Å². The zero-order valence-corrected chi connectivity index (χ0v) is 26.5. The second-order valence-electron chi connectivity index (χ2n) is 12.2. The summed E-state index contributed by atoms with van der Waals surface area (Å²) < 4.78 is 33.6. The number of aryl methyl sites for hydroxylation is 2. The number of nitrogens with one attached hydrogen (secondary N) is 2. The second-order valence-corrected chi connectivity index (χ2v) is 15.0. The molecule has 1 amide bonds. The van der Waals surface area contributed by atoms with Gasteiger partial charge in [0.05, 0.1) is 28.9 Å².